The molecule has 2 aliphatic rings. The molecule has 7 heteroatoms. The van der Waals surface area contributed by atoms with E-state index in [1.54, 1.807) is 36.4 Å². The van der Waals surface area contributed by atoms with Crippen LogP contribution >= 0.6 is 0 Å². The molecule has 0 spiro atoms. The lowest BCUT2D eigenvalue weighted by atomic mass is 9.91. The molecule has 0 saturated heterocycles. The molecule has 1 aliphatic heterocycles. The third-order valence-corrected chi connectivity index (χ3v) is 5.29. The molecule has 0 saturated carbocycles. The Labute approximate surface area is 168 Å². The molecule has 1 heterocycles. The summed E-state index contributed by atoms with van der Waals surface area (Å²) < 4.78 is 0. The van der Waals surface area contributed by atoms with Gasteiger partial charge in [0.05, 0.1) is 15.8 Å². The van der Waals surface area contributed by atoms with E-state index in [9.17, 15) is 20.0 Å². The van der Waals surface area contributed by atoms with Crippen molar-refractivity contribution in [2.45, 2.75) is 0 Å². The van der Waals surface area contributed by atoms with E-state index in [0.717, 1.165) is 0 Å². The van der Waals surface area contributed by atoms with Crippen LogP contribution in [0, 0.1) is 15.5 Å². The summed E-state index contributed by atoms with van der Waals surface area (Å²) in [5, 5.41) is 32.7. The fourth-order valence-corrected chi connectivity index (χ4v) is 3.91. The van der Waals surface area contributed by atoms with Crippen molar-refractivity contribution in [1.82, 2.24) is 4.98 Å². The van der Waals surface area contributed by atoms with Gasteiger partial charge in [0.15, 0.2) is 10.9 Å². The number of aliphatic hydroxyl groups is 1. The number of non-ortho nitro benzene ring substituents is 1. The zero-order chi connectivity index (χ0) is 21.0. The lowest BCUT2D eigenvalue weighted by Crippen LogP contribution is -2.33. The van der Waals surface area contributed by atoms with E-state index in [1.807, 2.05) is 6.07 Å². The molecule has 0 amide bonds. The fraction of sp³-hybridized carbons (Fsp3) is 0. The second-order valence-corrected chi connectivity index (χ2v) is 6.94. The molecule has 0 radical (unpaired) electrons. The van der Waals surface area contributed by atoms with E-state index in [4.69, 9.17) is 5.41 Å². The number of aliphatic hydroxyl groups excluding tert-OH is 1. The molecule has 0 aromatic heterocycles. The minimum absolute atomic E-state index is 0.102. The minimum Gasteiger partial charge on any atom is -0.507 e. The van der Waals surface area contributed by atoms with Gasteiger partial charge in [0.25, 0.3) is 5.69 Å². The summed E-state index contributed by atoms with van der Waals surface area (Å²) >= 11 is 0. The Morgan fingerprint density at radius 2 is 1.53 bits per heavy atom. The van der Waals surface area contributed by atoms with Crippen LogP contribution in [0.1, 0.15) is 5.56 Å². The average molecular weight is 395 g/mol. The summed E-state index contributed by atoms with van der Waals surface area (Å²) in [5.41, 5.74) is 1.05. The first-order valence-electron chi connectivity index (χ1n) is 9.11. The van der Waals surface area contributed by atoms with Crippen molar-refractivity contribution >= 4 is 33.0 Å². The topological polar surface area (TPSA) is 117 Å². The third-order valence-electron chi connectivity index (χ3n) is 5.29. The number of pyridine rings is 1. The number of aromatic nitrogens is 1. The number of benzene rings is 4. The molecular formula is C23H13N3O4. The number of nitrogens with zero attached hydrogens (tertiary/aromatic N) is 2. The van der Waals surface area contributed by atoms with Crippen molar-refractivity contribution < 1.29 is 10.0 Å². The normalized spacial score (nSPS) is 12.5. The number of nitrogens with one attached hydrogen (secondary N) is 1. The van der Waals surface area contributed by atoms with Gasteiger partial charge in [0.2, 0.25) is 0 Å². The van der Waals surface area contributed by atoms with Gasteiger partial charge >= 0.3 is 0 Å². The Morgan fingerprint density at radius 1 is 0.900 bits per heavy atom. The largest absolute Gasteiger partial charge is 0.507 e. The van der Waals surface area contributed by atoms with Crippen LogP contribution in [0.4, 0.5) is 5.69 Å². The molecule has 3 aromatic rings. The maximum atomic E-state index is 13.0. The molecule has 3 aromatic carbocycles. The molecule has 7 nitrogen and oxygen atoms in total. The SMILES string of the molecule is N=c1nc2c3ccccc3c(=O)c3cccc(c3-2)/c1=C(\O)c1ccc([N+](=O)[O-])cc1. The lowest BCUT2D eigenvalue weighted by molar-refractivity contribution is -0.384. The zero-order valence-electron chi connectivity index (χ0n) is 15.4. The zero-order valence-corrected chi connectivity index (χ0v) is 15.4. The molecule has 1 aliphatic carbocycles. The van der Waals surface area contributed by atoms with Gasteiger partial charge in [-0.3, -0.25) is 20.3 Å². The maximum Gasteiger partial charge on any atom is 0.269 e. The van der Waals surface area contributed by atoms with Crippen molar-refractivity contribution in [3.63, 3.8) is 0 Å². The fourth-order valence-electron chi connectivity index (χ4n) is 3.91. The van der Waals surface area contributed by atoms with Crippen molar-refractivity contribution in [2.75, 3.05) is 0 Å². The van der Waals surface area contributed by atoms with Gasteiger partial charge < -0.3 is 5.11 Å². The van der Waals surface area contributed by atoms with Crippen molar-refractivity contribution in [3.05, 3.63) is 103 Å². The van der Waals surface area contributed by atoms with E-state index < -0.39 is 4.92 Å². The number of fused-ring (bicyclic) bond motifs is 2. The van der Waals surface area contributed by atoms with E-state index >= 15 is 0 Å². The lowest BCUT2D eigenvalue weighted by Gasteiger charge is -2.14. The van der Waals surface area contributed by atoms with E-state index in [-0.39, 0.29) is 27.6 Å². The molecule has 2 N–H and O–H groups in total. The van der Waals surface area contributed by atoms with Crippen LogP contribution in [-0.2, 0) is 0 Å². The Hall–Kier alpha value is -4.39. The molecule has 30 heavy (non-hydrogen) atoms. The number of hydrogen-bond acceptors (Lipinski definition) is 6. The summed E-state index contributed by atoms with van der Waals surface area (Å²) in [7, 11) is 0. The van der Waals surface area contributed by atoms with Crippen LogP contribution in [0.2, 0.25) is 0 Å². The summed E-state index contributed by atoms with van der Waals surface area (Å²) in [6.45, 7) is 0. The maximum absolute atomic E-state index is 13.0. The summed E-state index contributed by atoms with van der Waals surface area (Å²) in [6.07, 6.45) is 0. The van der Waals surface area contributed by atoms with Gasteiger partial charge in [-0.2, -0.15) is 0 Å². The molecular weight excluding hydrogens is 382 g/mol. The Balaban J connectivity index is 1.96. The highest BCUT2D eigenvalue weighted by Gasteiger charge is 2.20. The molecule has 5 rings (SSSR count). The average Bonchev–Trinajstić information content (AvgIpc) is 2.76. The predicted molar refractivity (Wildman–Crippen MR) is 113 cm³/mol. The van der Waals surface area contributed by atoms with Crippen LogP contribution in [0.5, 0.6) is 0 Å². The second-order valence-electron chi connectivity index (χ2n) is 6.94. The highest BCUT2D eigenvalue weighted by Crippen LogP contribution is 2.32. The van der Waals surface area contributed by atoms with Crippen molar-refractivity contribution in [3.8, 4) is 11.3 Å². The van der Waals surface area contributed by atoms with Crippen LogP contribution in [-0.4, -0.2) is 15.0 Å². The number of rotatable bonds is 2. The monoisotopic (exact) mass is 395 g/mol. The first kappa shape index (κ1) is 17.7. The van der Waals surface area contributed by atoms with Gasteiger partial charge in [0, 0.05) is 39.4 Å². The van der Waals surface area contributed by atoms with Gasteiger partial charge in [-0.1, -0.05) is 42.5 Å². The van der Waals surface area contributed by atoms with E-state index in [1.165, 1.54) is 24.3 Å². The number of nitro groups is 1. The Morgan fingerprint density at radius 3 is 2.23 bits per heavy atom. The summed E-state index contributed by atoms with van der Waals surface area (Å²) in [5.74, 6) is -0.225. The van der Waals surface area contributed by atoms with Crippen LogP contribution < -0.4 is 16.1 Å². The predicted octanol–water partition coefficient (Wildman–Crippen LogP) is 3.11. The first-order chi connectivity index (χ1) is 14.5. The molecule has 144 valence electrons. The van der Waals surface area contributed by atoms with Gasteiger partial charge in [-0.15, -0.1) is 0 Å². The standard InChI is InChI=1S/C23H13N3O4/c24-23-19(21(27)12-8-10-13(11-9-12)26(29)30)16-6-3-7-17-18(16)20(25-23)14-4-1-2-5-15(14)22(17)28/h1-11,24,27H/b21-19+,24-23?. The summed E-state index contributed by atoms with van der Waals surface area (Å²) in [6, 6.07) is 17.7. The number of hydrogen-bond donors (Lipinski definition) is 2. The Bertz CT molecular complexity index is 1610. The second kappa shape index (κ2) is 6.31. The van der Waals surface area contributed by atoms with Crippen LogP contribution in [0.3, 0.4) is 0 Å². The number of nitro benzene ring substituents is 1. The van der Waals surface area contributed by atoms with E-state index in [0.29, 0.717) is 38.4 Å². The van der Waals surface area contributed by atoms with Gasteiger partial charge in [-0.05, 0) is 17.5 Å². The molecule has 0 fully saturated rings. The van der Waals surface area contributed by atoms with Crippen LogP contribution in [0.15, 0.2) is 71.5 Å². The van der Waals surface area contributed by atoms with Gasteiger partial charge in [0.1, 0.15) is 5.76 Å². The van der Waals surface area contributed by atoms with Crippen molar-refractivity contribution in [2.24, 2.45) is 0 Å². The summed E-state index contributed by atoms with van der Waals surface area (Å²) in [4.78, 5) is 27.8. The first-order valence-corrected chi connectivity index (χ1v) is 9.11. The molecule has 0 bridgehead atoms. The Kier molecular flexibility index (Phi) is 3.72. The quantitative estimate of drug-likeness (QED) is 0.206. The molecule has 0 atom stereocenters. The highest BCUT2D eigenvalue weighted by molar-refractivity contribution is 6.09. The van der Waals surface area contributed by atoms with Crippen LogP contribution in [0.25, 0.3) is 38.6 Å². The highest BCUT2D eigenvalue weighted by atomic mass is 16.6. The smallest absolute Gasteiger partial charge is 0.269 e. The third kappa shape index (κ3) is 2.42. The molecule has 0 unspecified atom stereocenters. The minimum atomic E-state index is -0.524. The van der Waals surface area contributed by atoms with E-state index in [2.05, 4.69) is 4.98 Å². The van der Waals surface area contributed by atoms with Crippen molar-refractivity contribution in [1.29, 1.82) is 5.41 Å². The van der Waals surface area contributed by atoms with Gasteiger partial charge in [-0.25, -0.2) is 4.98 Å².